The lowest BCUT2D eigenvalue weighted by molar-refractivity contribution is -0.123. The van der Waals surface area contributed by atoms with Crippen molar-refractivity contribution in [2.75, 3.05) is 5.32 Å². The SMILES string of the molecule is Cc1ccc(Sc2ncccc2NC(=O)C(C)(C)C)cc1. The number of nitrogens with zero attached hydrogens (tertiary/aromatic N) is 1. The molecule has 2 aromatic rings. The minimum absolute atomic E-state index is 0.0127. The molecular formula is C17H20N2OS. The zero-order valence-electron chi connectivity index (χ0n) is 12.8. The van der Waals surface area contributed by atoms with Crippen LogP contribution in [0.25, 0.3) is 0 Å². The van der Waals surface area contributed by atoms with Gasteiger partial charge in [-0.05, 0) is 31.2 Å². The Balaban J connectivity index is 2.21. The predicted molar refractivity (Wildman–Crippen MR) is 87.6 cm³/mol. The molecule has 0 bridgehead atoms. The summed E-state index contributed by atoms with van der Waals surface area (Å²) in [6, 6.07) is 12.0. The molecule has 2 rings (SSSR count). The van der Waals surface area contributed by atoms with E-state index in [9.17, 15) is 4.79 Å². The van der Waals surface area contributed by atoms with Crippen LogP contribution in [0, 0.1) is 12.3 Å². The topological polar surface area (TPSA) is 42.0 Å². The molecule has 0 radical (unpaired) electrons. The second-order valence-corrected chi connectivity index (χ2v) is 7.04. The van der Waals surface area contributed by atoms with Gasteiger partial charge in [-0.1, -0.05) is 50.2 Å². The van der Waals surface area contributed by atoms with Crippen LogP contribution in [0.15, 0.2) is 52.5 Å². The van der Waals surface area contributed by atoms with Gasteiger partial charge in [-0.3, -0.25) is 4.79 Å². The van der Waals surface area contributed by atoms with Crippen LogP contribution in [0.2, 0.25) is 0 Å². The summed E-state index contributed by atoms with van der Waals surface area (Å²) in [6.07, 6.45) is 1.74. The normalized spacial score (nSPS) is 11.2. The molecule has 0 aliphatic heterocycles. The molecule has 1 heterocycles. The Hall–Kier alpha value is -1.81. The van der Waals surface area contributed by atoms with Crippen LogP contribution < -0.4 is 5.32 Å². The number of aromatic nitrogens is 1. The van der Waals surface area contributed by atoms with Crippen molar-refractivity contribution in [1.29, 1.82) is 0 Å². The number of amides is 1. The van der Waals surface area contributed by atoms with E-state index in [1.54, 1.807) is 18.0 Å². The molecule has 0 spiro atoms. The fourth-order valence-corrected chi connectivity index (χ4v) is 2.43. The number of benzene rings is 1. The van der Waals surface area contributed by atoms with E-state index in [4.69, 9.17) is 0 Å². The third kappa shape index (κ3) is 4.33. The third-order valence-corrected chi connectivity index (χ3v) is 3.96. The van der Waals surface area contributed by atoms with Gasteiger partial charge in [0.25, 0.3) is 0 Å². The Bertz CT molecular complexity index is 630. The molecule has 1 aromatic carbocycles. The highest BCUT2D eigenvalue weighted by molar-refractivity contribution is 7.99. The highest BCUT2D eigenvalue weighted by Crippen LogP contribution is 2.32. The Labute approximate surface area is 130 Å². The number of aryl methyl sites for hydroxylation is 1. The lowest BCUT2D eigenvalue weighted by atomic mass is 9.96. The van der Waals surface area contributed by atoms with Crippen LogP contribution in [0.4, 0.5) is 5.69 Å². The monoisotopic (exact) mass is 300 g/mol. The second kappa shape index (κ2) is 6.31. The van der Waals surface area contributed by atoms with Crippen LogP contribution in [0.5, 0.6) is 0 Å². The van der Waals surface area contributed by atoms with Crippen molar-refractivity contribution < 1.29 is 4.79 Å². The Morgan fingerprint density at radius 2 is 1.81 bits per heavy atom. The van der Waals surface area contributed by atoms with Crippen molar-refractivity contribution in [3.8, 4) is 0 Å². The molecule has 1 N–H and O–H groups in total. The molecule has 3 nitrogen and oxygen atoms in total. The average Bonchev–Trinajstić information content (AvgIpc) is 2.42. The summed E-state index contributed by atoms with van der Waals surface area (Å²) < 4.78 is 0. The average molecular weight is 300 g/mol. The fraction of sp³-hybridized carbons (Fsp3) is 0.294. The number of carbonyl (C=O) groups excluding carboxylic acids is 1. The van der Waals surface area contributed by atoms with Gasteiger partial charge in [-0.2, -0.15) is 0 Å². The molecule has 4 heteroatoms. The number of pyridine rings is 1. The molecule has 0 saturated carbocycles. The maximum Gasteiger partial charge on any atom is 0.229 e. The number of hydrogen-bond acceptors (Lipinski definition) is 3. The molecular weight excluding hydrogens is 280 g/mol. The summed E-state index contributed by atoms with van der Waals surface area (Å²) in [5, 5.41) is 3.76. The largest absolute Gasteiger partial charge is 0.323 e. The third-order valence-electron chi connectivity index (χ3n) is 2.94. The van der Waals surface area contributed by atoms with Crippen molar-refractivity contribution in [3.63, 3.8) is 0 Å². The van der Waals surface area contributed by atoms with E-state index >= 15 is 0 Å². The molecule has 0 aliphatic carbocycles. The first kappa shape index (κ1) is 15.6. The lowest BCUT2D eigenvalue weighted by Crippen LogP contribution is -2.27. The smallest absolute Gasteiger partial charge is 0.229 e. The van der Waals surface area contributed by atoms with Crippen molar-refractivity contribution in [2.24, 2.45) is 5.41 Å². The van der Waals surface area contributed by atoms with Crippen molar-refractivity contribution in [2.45, 2.75) is 37.6 Å². The summed E-state index contributed by atoms with van der Waals surface area (Å²) in [6.45, 7) is 7.74. The van der Waals surface area contributed by atoms with Crippen LogP contribution >= 0.6 is 11.8 Å². The molecule has 110 valence electrons. The van der Waals surface area contributed by atoms with Crippen LogP contribution in [0.3, 0.4) is 0 Å². The zero-order chi connectivity index (χ0) is 15.5. The van der Waals surface area contributed by atoms with Crippen LogP contribution in [-0.2, 0) is 4.79 Å². The van der Waals surface area contributed by atoms with Gasteiger partial charge in [-0.15, -0.1) is 0 Å². The Morgan fingerprint density at radius 1 is 1.14 bits per heavy atom. The van der Waals surface area contributed by atoms with E-state index in [0.29, 0.717) is 0 Å². The van der Waals surface area contributed by atoms with E-state index in [2.05, 4.69) is 41.5 Å². The zero-order valence-corrected chi connectivity index (χ0v) is 13.6. The predicted octanol–water partition coefficient (Wildman–Crippen LogP) is 4.53. The van der Waals surface area contributed by atoms with E-state index in [1.165, 1.54) is 5.56 Å². The Kier molecular flexibility index (Phi) is 4.68. The maximum atomic E-state index is 12.1. The summed E-state index contributed by atoms with van der Waals surface area (Å²) in [5.41, 5.74) is 1.55. The molecule has 0 unspecified atom stereocenters. The highest BCUT2D eigenvalue weighted by Gasteiger charge is 2.22. The standard InChI is InChI=1S/C17H20N2OS/c1-12-7-9-13(10-8-12)21-15-14(6-5-11-18-15)19-16(20)17(2,3)4/h5-11H,1-4H3,(H,19,20). The van der Waals surface area contributed by atoms with Gasteiger partial charge < -0.3 is 5.32 Å². The minimum atomic E-state index is -0.429. The number of hydrogen-bond donors (Lipinski definition) is 1. The van der Waals surface area contributed by atoms with Gasteiger partial charge in [0.2, 0.25) is 5.91 Å². The summed E-state index contributed by atoms with van der Waals surface area (Å²) in [5.74, 6) is -0.0127. The lowest BCUT2D eigenvalue weighted by Gasteiger charge is -2.18. The maximum absolute atomic E-state index is 12.1. The molecule has 0 fully saturated rings. The Morgan fingerprint density at radius 3 is 2.43 bits per heavy atom. The van der Waals surface area contributed by atoms with Crippen molar-refractivity contribution >= 4 is 23.4 Å². The first-order valence-corrected chi connectivity index (χ1v) is 7.69. The van der Waals surface area contributed by atoms with Crippen LogP contribution in [0.1, 0.15) is 26.3 Å². The molecule has 1 aromatic heterocycles. The first-order chi connectivity index (χ1) is 9.86. The van der Waals surface area contributed by atoms with Crippen molar-refractivity contribution in [1.82, 2.24) is 4.98 Å². The van der Waals surface area contributed by atoms with Gasteiger partial charge in [0.05, 0.1) is 5.69 Å². The molecule has 1 amide bonds. The van der Waals surface area contributed by atoms with Gasteiger partial charge >= 0.3 is 0 Å². The van der Waals surface area contributed by atoms with E-state index in [1.807, 2.05) is 32.9 Å². The van der Waals surface area contributed by atoms with Gasteiger partial charge in [0, 0.05) is 16.5 Å². The minimum Gasteiger partial charge on any atom is -0.323 e. The quantitative estimate of drug-likeness (QED) is 0.905. The number of rotatable bonds is 3. The van der Waals surface area contributed by atoms with E-state index in [0.717, 1.165) is 15.6 Å². The number of nitrogens with one attached hydrogen (secondary N) is 1. The molecule has 0 saturated heterocycles. The second-order valence-electron chi connectivity index (χ2n) is 5.98. The summed E-state index contributed by atoms with van der Waals surface area (Å²) in [7, 11) is 0. The fourth-order valence-electron chi connectivity index (χ4n) is 1.60. The van der Waals surface area contributed by atoms with Gasteiger partial charge in [-0.25, -0.2) is 4.98 Å². The number of anilines is 1. The van der Waals surface area contributed by atoms with E-state index < -0.39 is 5.41 Å². The van der Waals surface area contributed by atoms with Gasteiger partial charge in [0.15, 0.2) is 0 Å². The van der Waals surface area contributed by atoms with Gasteiger partial charge in [0.1, 0.15) is 5.03 Å². The van der Waals surface area contributed by atoms with E-state index in [-0.39, 0.29) is 5.91 Å². The molecule has 0 aliphatic rings. The van der Waals surface area contributed by atoms with Crippen LogP contribution in [-0.4, -0.2) is 10.9 Å². The molecule has 21 heavy (non-hydrogen) atoms. The molecule has 0 atom stereocenters. The summed E-state index contributed by atoms with van der Waals surface area (Å²) in [4.78, 5) is 17.6. The number of carbonyl (C=O) groups is 1. The highest BCUT2D eigenvalue weighted by atomic mass is 32.2. The van der Waals surface area contributed by atoms with Crippen molar-refractivity contribution in [3.05, 3.63) is 48.2 Å². The summed E-state index contributed by atoms with van der Waals surface area (Å²) >= 11 is 1.55. The first-order valence-electron chi connectivity index (χ1n) is 6.87.